The van der Waals surface area contributed by atoms with Crippen molar-refractivity contribution in [3.05, 3.63) is 23.9 Å². The molecule has 0 bridgehead atoms. The van der Waals surface area contributed by atoms with Crippen LogP contribution in [0.25, 0.3) is 0 Å². The van der Waals surface area contributed by atoms with Gasteiger partial charge in [-0.3, -0.25) is 4.79 Å². The molecule has 22 heavy (non-hydrogen) atoms. The van der Waals surface area contributed by atoms with Crippen LogP contribution in [-0.4, -0.2) is 68.4 Å². The van der Waals surface area contributed by atoms with E-state index in [2.05, 4.69) is 9.71 Å². The standard InChI is InChI=1S/C13H18N4O3S.ClH/c1-16(11-4-5-14-8-11)13(18)10-2-3-12-15-21(19,20)7-6-17(12)9-10;/h2-3,9,11,14H,4-8H2,1H3;1H. The number of hydrogen-bond acceptors (Lipinski definition) is 5. The van der Waals surface area contributed by atoms with Crippen molar-refractivity contribution in [2.75, 3.05) is 32.4 Å². The number of nitrogens with zero attached hydrogens (tertiary/aromatic N) is 3. The summed E-state index contributed by atoms with van der Waals surface area (Å²) in [4.78, 5) is 15.9. The molecule has 0 radical (unpaired) electrons. The molecule has 3 rings (SSSR count). The lowest BCUT2D eigenvalue weighted by Gasteiger charge is -2.29. The van der Waals surface area contributed by atoms with E-state index >= 15 is 0 Å². The van der Waals surface area contributed by atoms with Crippen molar-refractivity contribution in [1.82, 2.24) is 15.1 Å². The van der Waals surface area contributed by atoms with E-state index in [1.807, 2.05) is 0 Å². The van der Waals surface area contributed by atoms with Crippen LogP contribution in [0.15, 0.2) is 28.3 Å². The Morgan fingerprint density at radius 3 is 2.91 bits per heavy atom. The number of amidine groups is 1. The van der Waals surface area contributed by atoms with Gasteiger partial charge in [0, 0.05) is 32.4 Å². The molecule has 0 aliphatic carbocycles. The van der Waals surface area contributed by atoms with E-state index in [1.54, 1.807) is 35.2 Å². The molecule has 1 amide bonds. The van der Waals surface area contributed by atoms with Crippen molar-refractivity contribution in [3.8, 4) is 0 Å². The molecule has 0 aromatic rings. The van der Waals surface area contributed by atoms with Crippen molar-refractivity contribution in [2.24, 2.45) is 4.40 Å². The highest BCUT2D eigenvalue weighted by Gasteiger charge is 2.28. The molecule has 1 saturated heterocycles. The van der Waals surface area contributed by atoms with E-state index < -0.39 is 10.0 Å². The minimum absolute atomic E-state index is 0. The zero-order valence-electron chi connectivity index (χ0n) is 12.2. The first-order chi connectivity index (χ1) is 9.96. The monoisotopic (exact) mass is 346 g/mol. The van der Waals surface area contributed by atoms with Crippen LogP contribution in [0, 0.1) is 0 Å². The largest absolute Gasteiger partial charge is 0.337 e. The maximum Gasteiger partial charge on any atom is 0.256 e. The number of amides is 1. The average Bonchev–Trinajstić information content (AvgIpc) is 2.98. The fourth-order valence-electron chi connectivity index (χ4n) is 2.67. The average molecular weight is 347 g/mol. The molecule has 0 aromatic heterocycles. The molecule has 1 unspecified atom stereocenters. The molecular formula is C13H19ClN4O3S. The van der Waals surface area contributed by atoms with Crippen molar-refractivity contribution in [2.45, 2.75) is 12.5 Å². The number of halogens is 1. The summed E-state index contributed by atoms with van der Waals surface area (Å²) in [6, 6.07) is 0.212. The Labute approximate surface area is 136 Å². The lowest BCUT2D eigenvalue weighted by Crippen LogP contribution is -2.41. The Morgan fingerprint density at radius 2 is 2.23 bits per heavy atom. The first-order valence-corrected chi connectivity index (χ1v) is 8.54. The minimum Gasteiger partial charge on any atom is -0.337 e. The third-order valence-corrected chi connectivity index (χ3v) is 5.14. The molecule has 7 nitrogen and oxygen atoms in total. The molecule has 0 saturated carbocycles. The van der Waals surface area contributed by atoms with Gasteiger partial charge < -0.3 is 15.1 Å². The van der Waals surface area contributed by atoms with Gasteiger partial charge in [-0.1, -0.05) is 0 Å². The number of sulfonamides is 1. The zero-order valence-corrected chi connectivity index (χ0v) is 13.9. The lowest BCUT2D eigenvalue weighted by molar-refractivity contribution is -0.127. The minimum atomic E-state index is -3.36. The normalized spacial score (nSPS) is 25.7. The number of likely N-dealkylation sites (N-methyl/N-ethyl adjacent to an activating group) is 1. The van der Waals surface area contributed by atoms with E-state index in [9.17, 15) is 13.2 Å². The van der Waals surface area contributed by atoms with Gasteiger partial charge >= 0.3 is 0 Å². The summed E-state index contributed by atoms with van der Waals surface area (Å²) in [6.45, 7) is 2.07. The van der Waals surface area contributed by atoms with Crippen molar-refractivity contribution >= 4 is 34.2 Å². The number of hydrogen-bond donors (Lipinski definition) is 1. The Balaban J connectivity index is 0.00000176. The third kappa shape index (κ3) is 3.34. The van der Waals surface area contributed by atoms with E-state index in [0.29, 0.717) is 18.0 Å². The predicted molar refractivity (Wildman–Crippen MR) is 86.4 cm³/mol. The van der Waals surface area contributed by atoms with Gasteiger partial charge in [0.1, 0.15) is 5.84 Å². The lowest BCUT2D eigenvalue weighted by atomic mass is 10.1. The van der Waals surface area contributed by atoms with E-state index in [-0.39, 0.29) is 30.1 Å². The number of carbonyl (C=O) groups excluding carboxylic acids is 1. The first-order valence-electron chi connectivity index (χ1n) is 6.93. The topological polar surface area (TPSA) is 82.1 Å². The fraction of sp³-hybridized carbons (Fsp3) is 0.538. The van der Waals surface area contributed by atoms with Crippen LogP contribution < -0.4 is 5.32 Å². The van der Waals surface area contributed by atoms with Crippen LogP contribution >= 0.6 is 12.4 Å². The number of carbonyl (C=O) groups is 1. The van der Waals surface area contributed by atoms with Crippen LogP contribution in [0.5, 0.6) is 0 Å². The van der Waals surface area contributed by atoms with Gasteiger partial charge in [-0.25, -0.2) is 8.42 Å². The van der Waals surface area contributed by atoms with Gasteiger partial charge in [0.25, 0.3) is 15.9 Å². The number of fused-ring (bicyclic) bond motifs is 1. The highest BCUT2D eigenvalue weighted by molar-refractivity contribution is 7.90. The maximum absolute atomic E-state index is 12.5. The van der Waals surface area contributed by atoms with Crippen LogP contribution in [0.4, 0.5) is 0 Å². The summed E-state index contributed by atoms with van der Waals surface area (Å²) in [7, 11) is -1.55. The second-order valence-corrected chi connectivity index (χ2v) is 7.16. The maximum atomic E-state index is 12.5. The Kier molecular flexibility index (Phi) is 4.93. The Bertz CT molecular complexity index is 650. The van der Waals surface area contributed by atoms with Gasteiger partial charge in [-0.15, -0.1) is 16.8 Å². The zero-order chi connectivity index (χ0) is 15.0. The van der Waals surface area contributed by atoms with Crippen LogP contribution in [0.3, 0.4) is 0 Å². The second kappa shape index (κ2) is 6.39. The highest BCUT2D eigenvalue weighted by Crippen LogP contribution is 2.18. The van der Waals surface area contributed by atoms with E-state index in [0.717, 1.165) is 19.5 Å². The molecule has 3 aliphatic heterocycles. The van der Waals surface area contributed by atoms with Crippen molar-refractivity contribution < 1.29 is 13.2 Å². The number of rotatable bonds is 2. The Hall–Kier alpha value is -1.38. The molecule has 0 aromatic carbocycles. The molecular weight excluding hydrogens is 328 g/mol. The van der Waals surface area contributed by atoms with Gasteiger partial charge in [-0.2, -0.15) is 0 Å². The van der Waals surface area contributed by atoms with Crippen LogP contribution in [0.1, 0.15) is 6.42 Å². The summed E-state index contributed by atoms with van der Waals surface area (Å²) in [5.74, 6) is 0.306. The molecule has 0 spiro atoms. The van der Waals surface area contributed by atoms with Crippen LogP contribution in [-0.2, 0) is 14.8 Å². The van der Waals surface area contributed by atoms with Crippen molar-refractivity contribution in [1.29, 1.82) is 0 Å². The molecule has 1 atom stereocenters. The smallest absolute Gasteiger partial charge is 0.256 e. The summed E-state index contributed by atoms with van der Waals surface area (Å²) >= 11 is 0. The van der Waals surface area contributed by atoms with Gasteiger partial charge in [0.05, 0.1) is 11.3 Å². The third-order valence-electron chi connectivity index (χ3n) is 3.97. The summed E-state index contributed by atoms with van der Waals surface area (Å²) < 4.78 is 26.6. The van der Waals surface area contributed by atoms with Gasteiger partial charge in [-0.05, 0) is 25.1 Å². The predicted octanol–water partition coefficient (Wildman–Crippen LogP) is -0.274. The van der Waals surface area contributed by atoms with Gasteiger partial charge in [0.15, 0.2) is 0 Å². The molecule has 122 valence electrons. The van der Waals surface area contributed by atoms with Crippen LogP contribution in [0.2, 0.25) is 0 Å². The molecule has 3 heterocycles. The second-order valence-electron chi connectivity index (χ2n) is 5.41. The van der Waals surface area contributed by atoms with Crippen molar-refractivity contribution in [3.63, 3.8) is 0 Å². The van der Waals surface area contributed by atoms with E-state index in [4.69, 9.17) is 0 Å². The van der Waals surface area contributed by atoms with E-state index in [1.165, 1.54) is 0 Å². The SMILES string of the molecule is CN(C(=O)C1=CN2CCS(=O)(=O)N=C2C=C1)C1CCNC1.Cl. The molecule has 3 aliphatic rings. The summed E-state index contributed by atoms with van der Waals surface area (Å²) in [5.41, 5.74) is 0.558. The quantitative estimate of drug-likeness (QED) is 0.744. The Morgan fingerprint density at radius 1 is 1.45 bits per heavy atom. The number of nitrogens with one attached hydrogen (secondary N) is 1. The molecule has 1 fully saturated rings. The summed E-state index contributed by atoms with van der Waals surface area (Å²) in [6.07, 6.45) is 5.87. The molecule has 1 N–H and O–H groups in total. The molecule has 9 heteroatoms. The summed E-state index contributed by atoms with van der Waals surface area (Å²) in [5, 5.41) is 3.24. The fourth-order valence-corrected chi connectivity index (χ4v) is 3.64. The van der Waals surface area contributed by atoms with Gasteiger partial charge in [0.2, 0.25) is 0 Å². The first kappa shape index (κ1) is 17.0. The highest BCUT2D eigenvalue weighted by atomic mass is 35.5.